The Labute approximate surface area is 300 Å². The number of hydrogen-bond donors (Lipinski definition) is 0. The zero-order chi connectivity index (χ0) is 34.4. The van der Waals surface area contributed by atoms with Crippen LogP contribution in [0.15, 0.2) is 182 Å². The van der Waals surface area contributed by atoms with E-state index in [2.05, 4.69) is 124 Å². The first kappa shape index (κ1) is 29.7. The Morgan fingerprint density at radius 1 is 0.327 bits per heavy atom. The van der Waals surface area contributed by atoms with E-state index in [1.165, 1.54) is 5.39 Å². The highest BCUT2D eigenvalue weighted by Gasteiger charge is 2.22. The third kappa shape index (κ3) is 4.96. The van der Waals surface area contributed by atoms with E-state index in [-0.39, 0.29) is 0 Å². The molecule has 3 heterocycles. The number of para-hydroxylation sites is 2. The molecule has 0 bridgehead atoms. The zero-order valence-electron chi connectivity index (χ0n) is 28.0. The molecule has 0 N–H and O–H groups in total. The highest BCUT2D eigenvalue weighted by atomic mass is 15.1. The van der Waals surface area contributed by atoms with Gasteiger partial charge in [0.2, 0.25) is 0 Å². The minimum Gasteiger partial charge on any atom is -0.307 e. The number of rotatable bonds is 6. The van der Waals surface area contributed by atoms with Crippen LogP contribution in [0.1, 0.15) is 0 Å². The van der Waals surface area contributed by atoms with Gasteiger partial charge in [-0.3, -0.25) is 4.57 Å². The van der Waals surface area contributed by atoms with Crippen LogP contribution in [0.25, 0.3) is 89.8 Å². The van der Waals surface area contributed by atoms with E-state index in [1.54, 1.807) is 0 Å². The maximum Gasteiger partial charge on any atom is 0.164 e. The topological polar surface area (TPSA) is 61.4 Å². The second-order valence-corrected chi connectivity index (χ2v) is 12.7. The van der Waals surface area contributed by atoms with Gasteiger partial charge >= 0.3 is 0 Å². The molecule has 0 saturated carbocycles. The molecule has 10 aromatic rings. The summed E-state index contributed by atoms with van der Waals surface area (Å²) in [7, 11) is 0. The van der Waals surface area contributed by atoms with Crippen molar-refractivity contribution in [2.45, 2.75) is 0 Å². The van der Waals surface area contributed by atoms with E-state index in [9.17, 15) is 0 Å². The van der Waals surface area contributed by atoms with Gasteiger partial charge in [0, 0.05) is 44.4 Å². The van der Waals surface area contributed by atoms with Crippen LogP contribution in [0.5, 0.6) is 0 Å². The lowest BCUT2D eigenvalue weighted by Gasteiger charge is -2.14. The molecule has 0 aliphatic heterocycles. The molecule has 0 atom stereocenters. The largest absolute Gasteiger partial charge is 0.307 e. The van der Waals surface area contributed by atoms with Crippen molar-refractivity contribution in [3.05, 3.63) is 182 Å². The summed E-state index contributed by atoms with van der Waals surface area (Å²) in [5, 5.41) is 2.33. The molecule has 3 aromatic heterocycles. The minimum absolute atomic E-state index is 0.612. The second kappa shape index (κ2) is 12.3. The van der Waals surface area contributed by atoms with Gasteiger partial charge in [0.25, 0.3) is 0 Å². The lowest BCUT2D eigenvalue weighted by Crippen LogP contribution is -2.02. The molecule has 0 aliphatic rings. The number of hydrogen-bond acceptors (Lipinski definition) is 4. The summed E-state index contributed by atoms with van der Waals surface area (Å²) in [6, 6.07) is 62.6. The predicted molar refractivity (Wildman–Crippen MR) is 211 cm³/mol. The molecule has 0 radical (unpaired) electrons. The summed E-state index contributed by atoms with van der Waals surface area (Å²) in [5.74, 6) is 2.77. The fourth-order valence-corrected chi connectivity index (χ4v) is 7.21. The Hall–Kier alpha value is -7.18. The van der Waals surface area contributed by atoms with E-state index in [0.717, 1.165) is 66.9 Å². The number of fused-ring (bicyclic) bond motifs is 5. The minimum atomic E-state index is 0.612. The van der Waals surface area contributed by atoms with Crippen LogP contribution in [0, 0.1) is 0 Å². The normalized spacial score (nSPS) is 11.5. The van der Waals surface area contributed by atoms with Crippen LogP contribution >= 0.6 is 0 Å². The summed E-state index contributed by atoms with van der Waals surface area (Å²) in [4.78, 5) is 20.3. The molecule has 6 heteroatoms. The van der Waals surface area contributed by atoms with Crippen molar-refractivity contribution in [3.63, 3.8) is 0 Å². The Kier molecular flexibility index (Phi) is 7.03. The molecular formula is C46H30N6. The first-order chi connectivity index (χ1) is 25.8. The van der Waals surface area contributed by atoms with Crippen molar-refractivity contribution < 1.29 is 0 Å². The summed E-state index contributed by atoms with van der Waals surface area (Å²) >= 11 is 0. The van der Waals surface area contributed by atoms with E-state index < -0.39 is 0 Å². The summed E-state index contributed by atoms with van der Waals surface area (Å²) in [6.45, 7) is 0. The lowest BCUT2D eigenvalue weighted by atomic mass is 10.1. The Bertz CT molecular complexity index is 2820. The van der Waals surface area contributed by atoms with Gasteiger partial charge in [-0.1, -0.05) is 140 Å². The van der Waals surface area contributed by atoms with Gasteiger partial charge < -0.3 is 4.57 Å². The molecular weight excluding hydrogens is 637 g/mol. The Balaban J connectivity index is 1.25. The van der Waals surface area contributed by atoms with Gasteiger partial charge in [0.1, 0.15) is 5.82 Å². The predicted octanol–water partition coefficient (Wildman–Crippen LogP) is 11.0. The second-order valence-electron chi connectivity index (χ2n) is 12.7. The smallest absolute Gasteiger partial charge is 0.164 e. The maximum atomic E-state index is 5.28. The fraction of sp³-hybridized carbons (Fsp3) is 0. The van der Waals surface area contributed by atoms with E-state index in [4.69, 9.17) is 19.9 Å². The van der Waals surface area contributed by atoms with Crippen LogP contribution < -0.4 is 0 Å². The van der Waals surface area contributed by atoms with Crippen molar-refractivity contribution in [1.29, 1.82) is 0 Å². The molecule has 244 valence electrons. The average Bonchev–Trinajstić information content (AvgIpc) is 3.79. The van der Waals surface area contributed by atoms with E-state index in [1.807, 2.05) is 66.7 Å². The SMILES string of the molecule is c1ccc(-c2nc(-c3ccccc3)nc(-c3cccc(-n4c5ccccc5c5ccc6nc(-c7ccccc7)n(-c7ccccc7)c6c54)c3)n2)cc1. The van der Waals surface area contributed by atoms with E-state index >= 15 is 0 Å². The Morgan fingerprint density at radius 3 is 1.50 bits per heavy atom. The van der Waals surface area contributed by atoms with Crippen molar-refractivity contribution >= 4 is 32.8 Å². The highest BCUT2D eigenvalue weighted by Crippen LogP contribution is 2.40. The summed E-state index contributed by atoms with van der Waals surface area (Å²) in [5.41, 5.74) is 10.0. The van der Waals surface area contributed by atoms with E-state index in [0.29, 0.717) is 17.5 Å². The van der Waals surface area contributed by atoms with Crippen LogP contribution in [0.2, 0.25) is 0 Å². The van der Waals surface area contributed by atoms with Gasteiger partial charge in [-0.05, 0) is 42.5 Å². The first-order valence-corrected chi connectivity index (χ1v) is 17.3. The van der Waals surface area contributed by atoms with Crippen molar-refractivity contribution in [2.24, 2.45) is 0 Å². The van der Waals surface area contributed by atoms with Crippen LogP contribution in [0.4, 0.5) is 0 Å². The van der Waals surface area contributed by atoms with Gasteiger partial charge in [-0.15, -0.1) is 0 Å². The molecule has 10 rings (SSSR count). The molecule has 0 spiro atoms. The molecule has 0 fully saturated rings. The zero-order valence-corrected chi connectivity index (χ0v) is 28.0. The maximum absolute atomic E-state index is 5.28. The molecule has 0 unspecified atom stereocenters. The van der Waals surface area contributed by atoms with Gasteiger partial charge in [0.15, 0.2) is 17.5 Å². The number of nitrogens with zero attached hydrogens (tertiary/aromatic N) is 6. The summed E-state index contributed by atoms with van der Waals surface area (Å²) in [6.07, 6.45) is 0. The molecule has 0 saturated heterocycles. The van der Waals surface area contributed by atoms with Crippen LogP contribution in [-0.2, 0) is 0 Å². The van der Waals surface area contributed by atoms with Crippen LogP contribution in [-0.4, -0.2) is 29.1 Å². The molecule has 0 amide bonds. The highest BCUT2D eigenvalue weighted by molar-refractivity contribution is 6.18. The quantitative estimate of drug-likeness (QED) is 0.177. The third-order valence-electron chi connectivity index (χ3n) is 9.56. The fourth-order valence-electron chi connectivity index (χ4n) is 7.21. The van der Waals surface area contributed by atoms with Gasteiger partial charge in [-0.25, -0.2) is 19.9 Å². The monoisotopic (exact) mass is 666 g/mol. The van der Waals surface area contributed by atoms with Gasteiger partial charge in [-0.2, -0.15) is 0 Å². The molecule has 0 aliphatic carbocycles. The first-order valence-electron chi connectivity index (χ1n) is 17.3. The lowest BCUT2D eigenvalue weighted by molar-refractivity contribution is 1.07. The van der Waals surface area contributed by atoms with Crippen molar-refractivity contribution in [2.75, 3.05) is 0 Å². The van der Waals surface area contributed by atoms with Crippen molar-refractivity contribution in [1.82, 2.24) is 29.1 Å². The molecule has 52 heavy (non-hydrogen) atoms. The Morgan fingerprint density at radius 2 is 0.846 bits per heavy atom. The van der Waals surface area contributed by atoms with Gasteiger partial charge in [0.05, 0.1) is 22.1 Å². The molecule has 7 aromatic carbocycles. The van der Waals surface area contributed by atoms with Crippen molar-refractivity contribution in [3.8, 4) is 56.9 Å². The number of imidazole rings is 1. The average molecular weight is 667 g/mol. The summed E-state index contributed by atoms with van der Waals surface area (Å²) < 4.78 is 4.67. The number of benzene rings is 7. The number of aromatic nitrogens is 6. The molecule has 6 nitrogen and oxygen atoms in total. The third-order valence-corrected chi connectivity index (χ3v) is 9.56. The standard InChI is InChI=1S/C46H30N6/c1-5-16-31(17-6-1)43-48-44(32-18-7-2-8-19-32)50-45(49-43)34-22-15-25-36(30-34)51-40-27-14-13-26-37(40)38-28-29-39-42(41(38)51)52(35-23-11-4-12-24-35)46(47-39)33-20-9-3-10-21-33/h1-30H. The van der Waals surface area contributed by atoms with Crippen LogP contribution in [0.3, 0.4) is 0 Å².